The Hall–Kier alpha value is -2.72. The topological polar surface area (TPSA) is 27.3 Å². The molecule has 0 saturated heterocycles. The fourth-order valence-electron chi connectivity index (χ4n) is 2.68. The number of nitrogens with zero attached hydrogens (tertiary/aromatic N) is 1. The van der Waals surface area contributed by atoms with Crippen LogP contribution in [0.2, 0.25) is 0 Å². The normalized spacial score (nSPS) is 10.8. The number of hydrogen-bond acceptors (Lipinski definition) is 3. The van der Waals surface area contributed by atoms with Crippen LogP contribution in [-0.4, -0.2) is 11.7 Å². The molecule has 1 aromatic carbocycles. The molecule has 0 spiro atoms. The predicted octanol–water partition coefficient (Wildman–Crippen LogP) is 5.47. The molecule has 4 aromatic rings. The van der Waals surface area contributed by atoms with Gasteiger partial charge in [-0.25, -0.2) is 0 Å². The molecule has 3 aromatic heterocycles. The second-order valence-electron chi connectivity index (χ2n) is 5.09. The van der Waals surface area contributed by atoms with E-state index in [1.807, 2.05) is 24.3 Å². The van der Waals surface area contributed by atoms with Crippen LogP contribution in [0.4, 0.5) is 0 Å². The summed E-state index contributed by atoms with van der Waals surface area (Å²) in [7, 11) is 1.68. The van der Waals surface area contributed by atoms with Gasteiger partial charge in [0.1, 0.15) is 5.75 Å². The van der Waals surface area contributed by atoms with Crippen LogP contribution in [0.15, 0.2) is 76.7 Å². The monoisotopic (exact) mass is 321 g/mol. The van der Waals surface area contributed by atoms with Crippen LogP contribution in [0.3, 0.4) is 0 Å². The number of benzene rings is 1. The lowest BCUT2D eigenvalue weighted by Crippen LogP contribution is -1.98. The molecule has 3 nitrogen and oxygen atoms in total. The first-order chi connectivity index (χ1) is 11.4. The molecule has 0 fully saturated rings. The van der Waals surface area contributed by atoms with E-state index in [0.717, 1.165) is 28.6 Å². The summed E-state index contributed by atoms with van der Waals surface area (Å²) in [5.74, 6) is 1.70. The second kappa shape index (κ2) is 5.82. The molecule has 0 unspecified atom stereocenters. The summed E-state index contributed by atoms with van der Waals surface area (Å²) >= 11 is 1.73. The third kappa shape index (κ3) is 2.47. The molecule has 0 N–H and O–H groups in total. The maximum absolute atomic E-state index is 5.62. The maximum Gasteiger partial charge on any atom is 0.150 e. The molecule has 4 rings (SSSR count). The van der Waals surface area contributed by atoms with Gasteiger partial charge in [-0.1, -0.05) is 6.07 Å². The van der Waals surface area contributed by atoms with E-state index in [4.69, 9.17) is 9.15 Å². The van der Waals surface area contributed by atoms with Gasteiger partial charge in [0.2, 0.25) is 0 Å². The van der Waals surface area contributed by atoms with E-state index in [1.54, 1.807) is 24.7 Å². The summed E-state index contributed by atoms with van der Waals surface area (Å²) in [4.78, 5) is 1.22. The van der Waals surface area contributed by atoms with Crippen molar-refractivity contribution in [2.75, 3.05) is 7.11 Å². The Morgan fingerprint density at radius 1 is 0.913 bits per heavy atom. The van der Waals surface area contributed by atoms with Crippen molar-refractivity contribution in [2.45, 2.75) is 0 Å². The molecule has 0 atom stereocenters. The van der Waals surface area contributed by atoms with Crippen molar-refractivity contribution < 1.29 is 9.15 Å². The van der Waals surface area contributed by atoms with Crippen molar-refractivity contribution in [1.29, 1.82) is 0 Å². The zero-order chi connectivity index (χ0) is 15.6. The van der Waals surface area contributed by atoms with Crippen molar-refractivity contribution in [1.82, 2.24) is 4.57 Å². The lowest BCUT2D eigenvalue weighted by molar-refractivity contribution is 0.415. The highest BCUT2D eigenvalue weighted by molar-refractivity contribution is 7.13. The Balaban J connectivity index is 1.92. The molecular formula is C19H15NO2S. The summed E-state index contributed by atoms with van der Waals surface area (Å²) in [5.41, 5.74) is 3.26. The molecule has 0 bridgehead atoms. The summed E-state index contributed by atoms with van der Waals surface area (Å²) in [5, 5.41) is 2.09. The lowest BCUT2D eigenvalue weighted by Gasteiger charge is -2.12. The van der Waals surface area contributed by atoms with E-state index in [9.17, 15) is 0 Å². The van der Waals surface area contributed by atoms with Gasteiger partial charge in [0.25, 0.3) is 0 Å². The number of aromatic nitrogens is 1. The van der Waals surface area contributed by atoms with Crippen LogP contribution in [0.1, 0.15) is 0 Å². The van der Waals surface area contributed by atoms with Gasteiger partial charge in [0, 0.05) is 5.69 Å². The van der Waals surface area contributed by atoms with Crippen LogP contribution >= 0.6 is 11.3 Å². The summed E-state index contributed by atoms with van der Waals surface area (Å²) in [6.07, 6.45) is 1.70. The average molecular weight is 321 g/mol. The first-order valence-corrected chi connectivity index (χ1v) is 8.19. The molecule has 0 aliphatic heterocycles. The van der Waals surface area contributed by atoms with Gasteiger partial charge in [-0.2, -0.15) is 0 Å². The van der Waals surface area contributed by atoms with Crippen LogP contribution in [0, 0.1) is 0 Å². The van der Waals surface area contributed by atoms with E-state index in [1.165, 1.54) is 4.88 Å². The van der Waals surface area contributed by atoms with Gasteiger partial charge in [0.05, 0.1) is 29.6 Å². The molecular weight excluding hydrogens is 306 g/mol. The minimum atomic E-state index is 0.845. The van der Waals surface area contributed by atoms with E-state index in [2.05, 4.69) is 46.3 Å². The van der Waals surface area contributed by atoms with E-state index < -0.39 is 0 Å². The fraction of sp³-hybridized carbons (Fsp3) is 0.0526. The smallest absolute Gasteiger partial charge is 0.150 e. The maximum atomic E-state index is 5.62. The standard InChI is InChI=1S/C19H15NO2S/c1-21-15-8-6-14(7-9-15)20-16(18-4-2-12-22-18)10-11-17(20)19-5-3-13-23-19/h2-13H,1H3. The molecule has 0 radical (unpaired) electrons. The SMILES string of the molecule is COc1ccc(-n2c(-c3ccco3)ccc2-c2cccs2)cc1. The molecule has 0 amide bonds. The summed E-state index contributed by atoms with van der Waals surface area (Å²) in [6, 6.07) is 20.4. The lowest BCUT2D eigenvalue weighted by atomic mass is 10.2. The Kier molecular flexibility index (Phi) is 3.52. The first-order valence-electron chi connectivity index (χ1n) is 7.31. The van der Waals surface area contributed by atoms with Gasteiger partial charge >= 0.3 is 0 Å². The van der Waals surface area contributed by atoms with Gasteiger partial charge in [-0.3, -0.25) is 0 Å². The highest BCUT2D eigenvalue weighted by atomic mass is 32.1. The molecule has 23 heavy (non-hydrogen) atoms. The molecule has 0 aliphatic carbocycles. The van der Waals surface area contributed by atoms with Crippen LogP contribution in [-0.2, 0) is 0 Å². The third-order valence-electron chi connectivity index (χ3n) is 3.76. The molecule has 3 heterocycles. The number of hydrogen-bond donors (Lipinski definition) is 0. The molecule has 114 valence electrons. The minimum Gasteiger partial charge on any atom is -0.497 e. The van der Waals surface area contributed by atoms with Crippen molar-refractivity contribution in [2.24, 2.45) is 0 Å². The zero-order valence-electron chi connectivity index (χ0n) is 12.6. The molecule has 0 aliphatic rings. The van der Waals surface area contributed by atoms with E-state index in [0.29, 0.717) is 0 Å². The van der Waals surface area contributed by atoms with Crippen LogP contribution in [0.25, 0.3) is 27.7 Å². The van der Waals surface area contributed by atoms with Crippen molar-refractivity contribution in [3.8, 4) is 33.5 Å². The zero-order valence-corrected chi connectivity index (χ0v) is 13.4. The highest BCUT2D eigenvalue weighted by Gasteiger charge is 2.15. The highest BCUT2D eigenvalue weighted by Crippen LogP contribution is 2.34. The van der Waals surface area contributed by atoms with Gasteiger partial charge in [0.15, 0.2) is 5.76 Å². The third-order valence-corrected chi connectivity index (χ3v) is 4.65. The van der Waals surface area contributed by atoms with Crippen LogP contribution < -0.4 is 4.74 Å². The Morgan fingerprint density at radius 2 is 1.74 bits per heavy atom. The van der Waals surface area contributed by atoms with Gasteiger partial charge in [-0.05, 0) is 60.0 Å². The Labute approximate surface area is 138 Å². The van der Waals surface area contributed by atoms with E-state index in [-0.39, 0.29) is 0 Å². The number of thiophene rings is 1. The summed E-state index contributed by atoms with van der Waals surface area (Å²) in [6.45, 7) is 0. The van der Waals surface area contributed by atoms with Crippen molar-refractivity contribution in [3.63, 3.8) is 0 Å². The summed E-state index contributed by atoms with van der Waals surface area (Å²) < 4.78 is 13.1. The first kappa shape index (κ1) is 13.9. The molecule has 4 heteroatoms. The fourth-order valence-corrected chi connectivity index (χ4v) is 3.42. The second-order valence-corrected chi connectivity index (χ2v) is 6.04. The predicted molar refractivity (Wildman–Crippen MR) is 93.3 cm³/mol. The van der Waals surface area contributed by atoms with Gasteiger partial charge in [-0.15, -0.1) is 11.3 Å². The number of furan rings is 1. The minimum absolute atomic E-state index is 0.845. The van der Waals surface area contributed by atoms with Crippen LogP contribution in [0.5, 0.6) is 5.75 Å². The largest absolute Gasteiger partial charge is 0.497 e. The molecule has 0 saturated carbocycles. The Morgan fingerprint density at radius 3 is 2.39 bits per heavy atom. The average Bonchev–Trinajstić information content (AvgIpc) is 3.33. The van der Waals surface area contributed by atoms with Crippen molar-refractivity contribution in [3.05, 3.63) is 72.3 Å². The van der Waals surface area contributed by atoms with E-state index >= 15 is 0 Å². The van der Waals surface area contributed by atoms with Gasteiger partial charge < -0.3 is 13.7 Å². The quantitative estimate of drug-likeness (QED) is 0.498. The number of methoxy groups -OCH3 is 1. The van der Waals surface area contributed by atoms with Crippen molar-refractivity contribution >= 4 is 11.3 Å². The number of ether oxygens (including phenoxy) is 1. The Bertz CT molecular complexity index is 836. The number of rotatable bonds is 4.